The van der Waals surface area contributed by atoms with Crippen LogP contribution in [0, 0.1) is 19.7 Å². The van der Waals surface area contributed by atoms with Crippen molar-refractivity contribution in [3.8, 4) is 5.75 Å². The van der Waals surface area contributed by atoms with E-state index in [0.29, 0.717) is 16.7 Å². The number of carbonyl (C=O) groups excluding carboxylic acids is 1. The summed E-state index contributed by atoms with van der Waals surface area (Å²) in [7, 11) is 1.80. The number of thioether (sulfide) groups is 1. The Morgan fingerprint density at radius 2 is 2.07 bits per heavy atom. The highest BCUT2D eigenvalue weighted by atomic mass is 35.5. The van der Waals surface area contributed by atoms with Gasteiger partial charge in [-0.15, -0.1) is 10.2 Å². The molecule has 3 rings (SSSR count). The van der Waals surface area contributed by atoms with Crippen LogP contribution >= 0.6 is 23.4 Å². The van der Waals surface area contributed by atoms with E-state index in [1.54, 1.807) is 18.5 Å². The summed E-state index contributed by atoms with van der Waals surface area (Å²) in [6.07, 6.45) is -0.469. The predicted molar refractivity (Wildman–Crippen MR) is 117 cm³/mol. The van der Waals surface area contributed by atoms with Gasteiger partial charge < -0.3 is 14.6 Å². The van der Waals surface area contributed by atoms with Crippen LogP contribution in [0.5, 0.6) is 5.75 Å². The summed E-state index contributed by atoms with van der Waals surface area (Å²) in [5.74, 6) is 0.555. The van der Waals surface area contributed by atoms with Crippen LogP contribution in [-0.2, 0) is 11.8 Å². The molecule has 2 aromatic carbocycles. The Bertz CT molecular complexity index is 1070. The number of hydrogen-bond donors (Lipinski definition) is 1. The fraction of sp³-hybridized carbons (Fsp3) is 0.286. The molecule has 0 bridgehead atoms. The maximum atomic E-state index is 13.2. The summed E-state index contributed by atoms with van der Waals surface area (Å²) in [6, 6.07) is 9.73. The Hall–Kier alpha value is -2.58. The van der Waals surface area contributed by atoms with Gasteiger partial charge in [0.2, 0.25) is 5.91 Å². The summed E-state index contributed by atoms with van der Waals surface area (Å²) in [4.78, 5) is 12.3. The third-order valence-electron chi connectivity index (χ3n) is 4.64. The van der Waals surface area contributed by atoms with Gasteiger partial charge in [-0.1, -0.05) is 35.5 Å². The average molecular weight is 449 g/mol. The zero-order valence-electron chi connectivity index (χ0n) is 17.1. The number of carbonyl (C=O) groups is 1. The van der Waals surface area contributed by atoms with Crippen LogP contribution in [0.3, 0.4) is 0 Å². The standard InChI is InChI=1S/C21H22ClFN4O2S/c1-12-6-5-7-17(13(12)2)24-19(28)11-30-21-26-25-20(27(21)4)14(3)29-18-9-8-15(23)10-16(18)22/h5-10,14H,11H2,1-4H3,(H,24,28). The van der Waals surface area contributed by atoms with Crippen LogP contribution in [-0.4, -0.2) is 26.4 Å². The zero-order valence-corrected chi connectivity index (χ0v) is 18.6. The Kier molecular flexibility index (Phi) is 6.99. The molecule has 3 aromatic rings. The van der Waals surface area contributed by atoms with E-state index < -0.39 is 11.9 Å². The lowest BCUT2D eigenvalue weighted by atomic mass is 10.1. The molecule has 1 aromatic heterocycles. The number of nitrogens with one attached hydrogen (secondary N) is 1. The number of halogens is 2. The molecule has 0 fully saturated rings. The number of ether oxygens (including phenoxy) is 1. The van der Waals surface area contributed by atoms with E-state index in [0.717, 1.165) is 16.8 Å². The van der Waals surface area contributed by atoms with Crippen molar-refractivity contribution in [2.45, 2.75) is 32.0 Å². The average Bonchev–Trinajstić information content (AvgIpc) is 3.06. The summed E-state index contributed by atoms with van der Waals surface area (Å²) < 4.78 is 20.8. The summed E-state index contributed by atoms with van der Waals surface area (Å²) >= 11 is 7.30. The fourth-order valence-corrected chi connectivity index (χ4v) is 3.75. The van der Waals surface area contributed by atoms with E-state index in [-0.39, 0.29) is 16.7 Å². The monoisotopic (exact) mass is 448 g/mol. The van der Waals surface area contributed by atoms with Crippen LogP contribution in [0.25, 0.3) is 0 Å². The maximum absolute atomic E-state index is 13.2. The number of hydrogen-bond acceptors (Lipinski definition) is 5. The molecule has 0 spiro atoms. The molecular weight excluding hydrogens is 427 g/mol. The molecule has 0 aliphatic rings. The van der Waals surface area contributed by atoms with Gasteiger partial charge in [0.05, 0.1) is 10.8 Å². The highest BCUT2D eigenvalue weighted by Crippen LogP contribution is 2.30. The van der Waals surface area contributed by atoms with Gasteiger partial charge in [-0.05, 0) is 56.2 Å². The molecular formula is C21H22ClFN4O2S. The summed E-state index contributed by atoms with van der Waals surface area (Å²) in [5, 5.41) is 12.0. The van der Waals surface area contributed by atoms with Gasteiger partial charge in [0, 0.05) is 12.7 Å². The van der Waals surface area contributed by atoms with Crippen molar-refractivity contribution < 1.29 is 13.9 Å². The first kappa shape index (κ1) is 22.1. The van der Waals surface area contributed by atoms with Crippen LogP contribution in [0.2, 0.25) is 5.02 Å². The van der Waals surface area contributed by atoms with E-state index in [2.05, 4.69) is 15.5 Å². The van der Waals surface area contributed by atoms with Crippen LogP contribution in [0.4, 0.5) is 10.1 Å². The lowest BCUT2D eigenvalue weighted by Crippen LogP contribution is -2.15. The van der Waals surface area contributed by atoms with E-state index in [1.165, 1.54) is 30.0 Å². The quantitative estimate of drug-likeness (QED) is 0.509. The molecule has 1 amide bonds. The van der Waals surface area contributed by atoms with Gasteiger partial charge in [0.1, 0.15) is 11.6 Å². The molecule has 6 nitrogen and oxygen atoms in total. The molecule has 0 saturated heterocycles. The second kappa shape index (κ2) is 9.49. The summed E-state index contributed by atoms with van der Waals surface area (Å²) in [6.45, 7) is 5.77. The molecule has 1 N–H and O–H groups in total. The van der Waals surface area contributed by atoms with Crippen molar-refractivity contribution >= 4 is 35.0 Å². The molecule has 1 heterocycles. The molecule has 1 unspecified atom stereocenters. The minimum atomic E-state index is -0.469. The minimum absolute atomic E-state index is 0.124. The van der Waals surface area contributed by atoms with E-state index in [9.17, 15) is 9.18 Å². The van der Waals surface area contributed by atoms with Crippen molar-refractivity contribution in [3.05, 3.63) is 64.2 Å². The summed E-state index contributed by atoms with van der Waals surface area (Å²) in [5.41, 5.74) is 2.97. The van der Waals surface area contributed by atoms with Crippen LogP contribution in [0.1, 0.15) is 30.0 Å². The molecule has 30 heavy (non-hydrogen) atoms. The van der Waals surface area contributed by atoms with E-state index >= 15 is 0 Å². The molecule has 0 aliphatic heterocycles. The topological polar surface area (TPSA) is 69.0 Å². The van der Waals surface area contributed by atoms with E-state index in [4.69, 9.17) is 16.3 Å². The van der Waals surface area contributed by atoms with Crippen molar-refractivity contribution in [3.63, 3.8) is 0 Å². The smallest absolute Gasteiger partial charge is 0.234 e. The molecule has 0 radical (unpaired) electrons. The fourth-order valence-electron chi connectivity index (χ4n) is 2.82. The number of aromatic nitrogens is 3. The second-order valence-corrected chi connectivity index (χ2v) is 8.17. The Labute approximate surface area is 183 Å². The number of nitrogens with zero attached hydrogens (tertiary/aromatic N) is 3. The lowest BCUT2D eigenvalue weighted by Gasteiger charge is -2.15. The van der Waals surface area contributed by atoms with Crippen LogP contribution < -0.4 is 10.1 Å². The number of anilines is 1. The van der Waals surface area contributed by atoms with Gasteiger partial charge in [-0.2, -0.15) is 0 Å². The lowest BCUT2D eigenvalue weighted by molar-refractivity contribution is -0.113. The van der Waals surface area contributed by atoms with Crippen molar-refractivity contribution in [1.29, 1.82) is 0 Å². The first-order valence-corrected chi connectivity index (χ1v) is 10.6. The SMILES string of the molecule is Cc1cccc(NC(=O)CSc2nnc(C(C)Oc3ccc(F)cc3Cl)n2C)c1C. The predicted octanol–water partition coefficient (Wildman–Crippen LogP) is 5.10. The molecule has 0 saturated carbocycles. The maximum Gasteiger partial charge on any atom is 0.234 e. The van der Waals surface area contributed by atoms with Gasteiger partial charge in [-0.3, -0.25) is 4.79 Å². The van der Waals surface area contributed by atoms with Gasteiger partial charge >= 0.3 is 0 Å². The third kappa shape index (κ3) is 5.12. The van der Waals surface area contributed by atoms with Gasteiger partial charge in [0.25, 0.3) is 0 Å². The highest BCUT2D eigenvalue weighted by Gasteiger charge is 2.19. The first-order chi connectivity index (χ1) is 14.3. The third-order valence-corrected chi connectivity index (χ3v) is 5.96. The number of aryl methyl sites for hydroxylation is 1. The Morgan fingerprint density at radius 1 is 1.30 bits per heavy atom. The van der Waals surface area contributed by atoms with Crippen molar-refractivity contribution in [2.24, 2.45) is 7.05 Å². The largest absolute Gasteiger partial charge is 0.481 e. The Morgan fingerprint density at radius 3 is 2.80 bits per heavy atom. The van der Waals surface area contributed by atoms with Crippen molar-refractivity contribution in [1.82, 2.24) is 14.8 Å². The molecule has 0 aliphatic carbocycles. The number of benzene rings is 2. The Balaban J connectivity index is 1.62. The number of rotatable bonds is 7. The zero-order chi connectivity index (χ0) is 21.8. The molecule has 158 valence electrons. The van der Waals surface area contributed by atoms with Crippen LogP contribution in [0.15, 0.2) is 41.6 Å². The molecule has 9 heteroatoms. The second-order valence-electron chi connectivity index (χ2n) is 6.82. The van der Waals surface area contributed by atoms with Gasteiger partial charge in [-0.25, -0.2) is 4.39 Å². The van der Waals surface area contributed by atoms with E-state index in [1.807, 2.05) is 32.0 Å². The number of amides is 1. The molecule has 1 atom stereocenters. The minimum Gasteiger partial charge on any atom is -0.481 e. The van der Waals surface area contributed by atoms with Crippen molar-refractivity contribution in [2.75, 3.05) is 11.1 Å². The normalized spacial score (nSPS) is 11.9. The first-order valence-electron chi connectivity index (χ1n) is 9.26. The van der Waals surface area contributed by atoms with Gasteiger partial charge in [0.15, 0.2) is 17.1 Å². The highest BCUT2D eigenvalue weighted by molar-refractivity contribution is 7.99.